The number of aromatic nitrogens is 1. The molecule has 26 heavy (non-hydrogen) atoms. The van der Waals surface area contributed by atoms with Gasteiger partial charge in [-0.1, -0.05) is 0 Å². The van der Waals surface area contributed by atoms with Gasteiger partial charge in [-0.2, -0.15) is 13.2 Å². The first-order valence-corrected chi connectivity index (χ1v) is 7.15. The molecule has 0 aromatic carbocycles. The molecule has 0 aliphatic heterocycles. The van der Waals surface area contributed by atoms with Crippen LogP contribution in [0.25, 0.3) is 0 Å². The number of nitrogens with one attached hydrogen (secondary N) is 1. The number of aryl methyl sites for hydroxylation is 1. The second-order valence-electron chi connectivity index (χ2n) is 6.29. The minimum Gasteiger partial charge on any atom is -0.542 e. The van der Waals surface area contributed by atoms with Gasteiger partial charge in [-0.3, -0.25) is 9.59 Å². The van der Waals surface area contributed by atoms with E-state index in [1.165, 1.54) is 6.39 Å². The Morgan fingerprint density at radius 1 is 1.35 bits per heavy atom. The minimum absolute atomic E-state index is 0.122. The van der Waals surface area contributed by atoms with Gasteiger partial charge < -0.3 is 29.2 Å². The van der Waals surface area contributed by atoms with Gasteiger partial charge in [-0.15, -0.1) is 0 Å². The van der Waals surface area contributed by atoms with Crippen LogP contribution in [-0.4, -0.2) is 72.3 Å². The van der Waals surface area contributed by atoms with Gasteiger partial charge in [0.15, 0.2) is 6.39 Å². The molecule has 0 aliphatic carbocycles. The summed E-state index contributed by atoms with van der Waals surface area (Å²) in [6.45, 7) is 2.16. The molecular formula is C14H20F3N3O6. The van der Waals surface area contributed by atoms with Gasteiger partial charge in [0, 0.05) is 0 Å². The lowest BCUT2D eigenvalue weighted by Crippen LogP contribution is -2.49. The van der Waals surface area contributed by atoms with E-state index in [0.29, 0.717) is 16.7 Å². The number of carboxylic acids is 2. The number of hydrogen-bond donors (Lipinski definition) is 2. The maximum Gasteiger partial charge on any atom is 0.430 e. The molecule has 0 bridgehead atoms. The quantitative estimate of drug-likeness (QED) is 0.637. The number of alkyl halides is 3. The number of likely N-dealkylation sites (N-methyl/N-ethyl adjacent to an activating group) is 1. The van der Waals surface area contributed by atoms with Crippen molar-refractivity contribution in [2.75, 3.05) is 27.7 Å². The Morgan fingerprint density at radius 2 is 1.85 bits per heavy atom. The summed E-state index contributed by atoms with van der Waals surface area (Å²) in [4.78, 5) is 35.4. The molecule has 0 unspecified atom stereocenters. The molecule has 0 saturated heterocycles. The Balaban J connectivity index is 0.000000758. The number of amides is 1. The van der Waals surface area contributed by atoms with Crippen LogP contribution in [0.2, 0.25) is 0 Å². The molecule has 1 rings (SSSR count). The largest absolute Gasteiger partial charge is 0.542 e. The number of aliphatic carboxylic acids is 2. The van der Waals surface area contributed by atoms with E-state index in [0.717, 1.165) is 0 Å². The van der Waals surface area contributed by atoms with Gasteiger partial charge in [-0.25, -0.2) is 4.98 Å². The fourth-order valence-electron chi connectivity index (χ4n) is 1.80. The predicted molar refractivity (Wildman–Crippen MR) is 78.7 cm³/mol. The number of carboxylic acid groups (broad SMARTS) is 2. The molecule has 0 spiro atoms. The Bertz CT molecular complexity index is 637. The van der Waals surface area contributed by atoms with Crippen LogP contribution in [0.3, 0.4) is 0 Å². The van der Waals surface area contributed by atoms with Crippen molar-refractivity contribution >= 4 is 17.8 Å². The highest BCUT2D eigenvalue weighted by molar-refractivity contribution is 5.92. The predicted octanol–water partition coefficient (Wildman–Crippen LogP) is -0.439. The third kappa shape index (κ3) is 9.61. The zero-order valence-electron chi connectivity index (χ0n) is 14.6. The highest BCUT2D eigenvalue weighted by atomic mass is 19.4. The highest BCUT2D eigenvalue weighted by Gasteiger charge is 2.29. The lowest BCUT2D eigenvalue weighted by Gasteiger charge is -2.28. The summed E-state index contributed by atoms with van der Waals surface area (Å²) >= 11 is 0. The number of rotatable bonds is 6. The van der Waals surface area contributed by atoms with E-state index in [-0.39, 0.29) is 12.2 Å². The summed E-state index contributed by atoms with van der Waals surface area (Å²) in [5, 5.41) is 20.3. The first-order valence-electron chi connectivity index (χ1n) is 7.15. The fourth-order valence-corrected chi connectivity index (χ4v) is 1.80. The molecule has 1 aromatic heterocycles. The number of carbonyl (C=O) groups is 3. The molecule has 1 heterocycles. The van der Waals surface area contributed by atoms with Crippen molar-refractivity contribution in [3.05, 3.63) is 17.8 Å². The summed E-state index contributed by atoms with van der Waals surface area (Å²) in [5.41, 5.74) is 0.483. The van der Waals surface area contributed by atoms with E-state index in [4.69, 9.17) is 19.4 Å². The van der Waals surface area contributed by atoms with Crippen LogP contribution >= 0.6 is 0 Å². The van der Waals surface area contributed by atoms with Crippen LogP contribution in [-0.2, 0) is 9.59 Å². The molecule has 0 fully saturated rings. The summed E-state index contributed by atoms with van der Waals surface area (Å²) < 4.78 is 37.1. The van der Waals surface area contributed by atoms with E-state index in [1.807, 2.05) is 21.1 Å². The summed E-state index contributed by atoms with van der Waals surface area (Å²) in [5.74, 6) is -4.27. The van der Waals surface area contributed by atoms with E-state index in [2.05, 4.69) is 10.3 Å². The molecule has 148 valence electrons. The van der Waals surface area contributed by atoms with Crippen molar-refractivity contribution in [3.63, 3.8) is 0 Å². The van der Waals surface area contributed by atoms with Crippen LogP contribution in [0.1, 0.15) is 22.7 Å². The van der Waals surface area contributed by atoms with E-state index >= 15 is 0 Å². The summed E-state index contributed by atoms with van der Waals surface area (Å²) in [6, 6.07) is -0.463. The Kier molecular flexibility index (Phi) is 8.25. The lowest BCUT2D eigenvalue weighted by atomic mass is 10.1. The van der Waals surface area contributed by atoms with Crippen molar-refractivity contribution in [1.82, 2.24) is 10.3 Å². The Morgan fingerprint density at radius 3 is 2.15 bits per heavy atom. The number of hydrogen-bond acceptors (Lipinski definition) is 6. The van der Waals surface area contributed by atoms with Crippen LogP contribution in [0, 0.1) is 6.92 Å². The fraction of sp³-hybridized carbons (Fsp3) is 0.571. The summed E-state index contributed by atoms with van der Waals surface area (Å²) in [6.07, 6.45) is -4.13. The molecule has 1 atom stereocenters. The van der Waals surface area contributed by atoms with Crippen molar-refractivity contribution in [3.8, 4) is 0 Å². The third-order valence-electron chi connectivity index (χ3n) is 2.71. The monoisotopic (exact) mass is 383 g/mol. The average molecular weight is 383 g/mol. The maximum atomic E-state index is 12.0. The molecular weight excluding hydrogens is 363 g/mol. The van der Waals surface area contributed by atoms with Crippen LogP contribution in [0.5, 0.6) is 0 Å². The van der Waals surface area contributed by atoms with Crippen LogP contribution < -0.4 is 10.4 Å². The van der Waals surface area contributed by atoms with Gasteiger partial charge in [0.25, 0.3) is 5.91 Å². The van der Waals surface area contributed by atoms with Gasteiger partial charge in [-0.05, 0) is 6.92 Å². The van der Waals surface area contributed by atoms with Crippen LogP contribution in [0.15, 0.2) is 10.8 Å². The first-order chi connectivity index (χ1) is 11.6. The standard InChI is InChI=1S/C12H19N3O4.C2HF3O2/c1-8-11(19-7-13-8)12(18)14-9(5-10(16)17)6-15(2,3)4;3-2(4,5)1(6)7/h7,9H,5-6H2,1-4H3,(H-,14,16,17,18);(H,6,7)/t9-;/m1./s1. The normalized spacial score (nSPS) is 12.6. The Hall–Kier alpha value is -2.63. The smallest absolute Gasteiger partial charge is 0.430 e. The van der Waals surface area contributed by atoms with Crippen molar-refractivity contribution in [2.45, 2.75) is 25.6 Å². The van der Waals surface area contributed by atoms with Crippen LogP contribution in [0.4, 0.5) is 13.2 Å². The van der Waals surface area contributed by atoms with E-state index in [9.17, 15) is 22.8 Å². The lowest BCUT2D eigenvalue weighted by molar-refractivity contribution is -0.871. The van der Waals surface area contributed by atoms with Gasteiger partial charge in [0.2, 0.25) is 5.76 Å². The zero-order chi connectivity index (χ0) is 20.7. The molecule has 0 saturated carbocycles. The van der Waals surface area contributed by atoms with Crippen molar-refractivity contribution in [2.24, 2.45) is 0 Å². The number of carbonyl (C=O) groups excluding carboxylic acids is 2. The van der Waals surface area contributed by atoms with E-state index in [1.54, 1.807) is 6.92 Å². The number of nitrogens with zero attached hydrogens (tertiary/aromatic N) is 2. The zero-order valence-corrected chi connectivity index (χ0v) is 14.6. The van der Waals surface area contributed by atoms with Gasteiger partial charge in [0.05, 0.1) is 45.8 Å². The SMILES string of the molecule is Cc1ncoc1C(=O)N[C@H](CC(=O)O)C[N+](C)(C)C.O=C([O-])C(F)(F)F. The number of oxazole rings is 1. The molecule has 0 aliphatic rings. The molecule has 2 N–H and O–H groups in total. The average Bonchev–Trinajstić information content (AvgIpc) is 2.81. The number of quaternary nitrogens is 1. The topological polar surface area (TPSA) is 133 Å². The highest BCUT2D eigenvalue weighted by Crippen LogP contribution is 2.11. The minimum atomic E-state index is -5.19. The molecule has 0 radical (unpaired) electrons. The first kappa shape index (κ1) is 23.4. The van der Waals surface area contributed by atoms with Crippen molar-refractivity contribution in [1.29, 1.82) is 0 Å². The second-order valence-corrected chi connectivity index (χ2v) is 6.29. The van der Waals surface area contributed by atoms with Crippen molar-refractivity contribution < 1.29 is 46.7 Å². The third-order valence-corrected chi connectivity index (χ3v) is 2.71. The molecule has 12 heteroatoms. The maximum absolute atomic E-state index is 12.0. The second kappa shape index (κ2) is 9.17. The molecule has 1 aromatic rings. The molecule has 9 nitrogen and oxygen atoms in total. The van der Waals surface area contributed by atoms with Gasteiger partial charge in [0.1, 0.15) is 5.97 Å². The van der Waals surface area contributed by atoms with E-state index < -0.39 is 30.1 Å². The van der Waals surface area contributed by atoms with Gasteiger partial charge >= 0.3 is 12.1 Å². The Labute approximate surface area is 147 Å². The summed E-state index contributed by atoms with van der Waals surface area (Å²) in [7, 11) is 5.79. The molecule has 1 amide bonds. The number of halogens is 3.